The van der Waals surface area contributed by atoms with E-state index in [0.717, 1.165) is 38.5 Å². The van der Waals surface area contributed by atoms with E-state index >= 15 is 0 Å². The lowest BCUT2D eigenvalue weighted by Crippen LogP contribution is -2.21. The van der Waals surface area contributed by atoms with E-state index in [1.165, 1.54) is 23.1 Å². The maximum absolute atomic E-state index is 9.96. The minimum absolute atomic E-state index is 0.502. The van der Waals surface area contributed by atoms with Crippen molar-refractivity contribution in [3.63, 3.8) is 0 Å². The standard InChI is InChI=1S/C20H36O/c1-7-20(6,21)16-10-15-19(5)14-9-13-18(4)12-8-11-17(2)3/h11,13,15,21H,7-10,12,14,16H2,1-6H3/b18-13+,19-15+/t20-/m1/s1. The summed E-state index contributed by atoms with van der Waals surface area (Å²) in [6.07, 6.45) is 14.2. The molecule has 0 bridgehead atoms. The summed E-state index contributed by atoms with van der Waals surface area (Å²) >= 11 is 0. The van der Waals surface area contributed by atoms with Crippen LogP contribution in [0.5, 0.6) is 0 Å². The zero-order chi connectivity index (χ0) is 16.3. The van der Waals surface area contributed by atoms with E-state index in [9.17, 15) is 5.11 Å². The highest BCUT2D eigenvalue weighted by atomic mass is 16.3. The van der Waals surface area contributed by atoms with Crippen molar-refractivity contribution in [1.82, 2.24) is 0 Å². The molecule has 0 aliphatic heterocycles. The number of aliphatic hydroxyl groups is 1. The third-order valence-corrected chi connectivity index (χ3v) is 4.06. The number of hydrogen-bond donors (Lipinski definition) is 1. The van der Waals surface area contributed by atoms with Crippen LogP contribution in [-0.4, -0.2) is 10.7 Å². The molecule has 122 valence electrons. The normalized spacial score (nSPS) is 15.8. The number of rotatable bonds is 10. The first-order chi connectivity index (χ1) is 9.76. The molecule has 0 saturated carbocycles. The van der Waals surface area contributed by atoms with Crippen LogP contribution >= 0.6 is 0 Å². The molecule has 0 aromatic carbocycles. The van der Waals surface area contributed by atoms with Gasteiger partial charge in [-0.05, 0) is 79.6 Å². The molecule has 1 atom stereocenters. The molecule has 21 heavy (non-hydrogen) atoms. The Bertz CT molecular complexity index is 365. The highest BCUT2D eigenvalue weighted by Gasteiger charge is 2.15. The summed E-state index contributed by atoms with van der Waals surface area (Å²) in [4.78, 5) is 0. The van der Waals surface area contributed by atoms with Crippen molar-refractivity contribution in [3.05, 3.63) is 34.9 Å². The van der Waals surface area contributed by atoms with Gasteiger partial charge in [-0.15, -0.1) is 0 Å². The van der Waals surface area contributed by atoms with Gasteiger partial charge >= 0.3 is 0 Å². The molecular weight excluding hydrogens is 256 g/mol. The predicted molar refractivity (Wildman–Crippen MR) is 95.6 cm³/mol. The molecule has 1 N–H and O–H groups in total. The Kier molecular flexibility index (Phi) is 10.4. The van der Waals surface area contributed by atoms with Gasteiger partial charge in [0, 0.05) is 0 Å². The molecular formula is C20H36O. The Labute approximate surface area is 132 Å². The quantitative estimate of drug-likeness (QED) is 0.465. The van der Waals surface area contributed by atoms with Crippen molar-refractivity contribution in [2.24, 2.45) is 0 Å². The second kappa shape index (κ2) is 10.8. The molecule has 0 unspecified atom stereocenters. The van der Waals surface area contributed by atoms with Crippen molar-refractivity contribution < 1.29 is 5.11 Å². The third-order valence-electron chi connectivity index (χ3n) is 4.06. The van der Waals surface area contributed by atoms with Crippen LogP contribution in [0.4, 0.5) is 0 Å². The molecule has 0 heterocycles. The fourth-order valence-electron chi connectivity index (χ4n) is 2.15. The van der Waals surface area contributed by atoms with Crippen LogP contribution in [0.1, 0.15) is 86.5 Å². The van der Waals surface area contributed by atoms with E-state index in [0.29, 0.717) is 0 Å². The van der Waals surface area contributed by atoms with Gasteiger partial charge in [0.25, 0.3) is 0 Å². The summed E-state index contributed by atoms with van der Waals surface area (Å²) in [5.74, 6) is 0. The zero-order valence-corrected chi connectivity index (χ0v) is 15.1. The van der Waals surface area contributed by atoms with Gasteiger partial charge in [-0.25, -0.2) is 0 Å². The van der Waals surface area contributed by atoms with Gasteiger partial charge in [-0.3, -0.25) is 0 Å². The lowest BCUT2D eigenvalue weighted by Gasteiger charge is -2.20. The molecule has 1 nitrogen and oxygen atoms in total. The Balaban J connectivity index is 3.96. The van der Waals surface area contributed by atoms with E-state index in [2.05, 4.69) is 45.9 Å². The third kappa shape index (κ3) is 12.6. The van der Waals surface area contributed by atoms with Gasteiger partial charge in [0.2, 0.25) is 0 Å². The van der Waals surface area contributed by atoms with Crippen LogP contribution in [0.2, 0.25) is 0 Å². The van der Waals surface area contributed by atoms with E-state index in [-0.39, 0.29) is 0 Å². The minimum Gasteiger partial charge on any atom is -0.390 e. The smallest absolute Gasteiger partial charge is 0.0620 e. The average Bonchev–Trinajstić information content (AvgIpc) is 2.38. The molecule has 0 saturated heterocycles. The fourth-order valence-corrected chi connectivity index (χ4v) is 2.15. The van der Waals surface area contributed by atoms with Crippen LogP contribution in [0.25, 0.3) is 0 Å². The molecule has 0 spiro atoms. The van der Waals surface area contributed by atoms with Gasteiger partial charge in [-0.1, -0.05) is 41.9 Å². The Morgan fingerprint density at radius 1 is 0.857 bits per heavy atom. The van der Waals surface area contributed by atoms with Crippen molar-refractivity contribution in [2.75, 3.05) is 0 Å². The largest absolute Gasteiger partial charge is 0.390 e. The summed E-state index contributed by atoms with van der Waals surface area (Å²) < 4.78 is 0. The van der Waals surface area contributed by atoms with Crippen LogP contribution in [0, 0.1) is 0 Å². The SMILES string of the molecule is CC[C@@](C)(O)CC/C=C(\C)CC/C=C(\C)CCC=C(C)C. The molecule has 0 aliphatic carbocycles. The second-order valence-corrected chi connectivity index (χ2v) is 6.85. The zero-order valence-electron chi connectivity index (χ0n) is 15.1. The maximum atomic E-state index is 9.96. The first-order valence-electron chi connectivity index (χ1n) is 8.44. The molecule has 0 aromatic rings. The van der Waals surface area contributed by atoms with Gasteiger partial charge < -0.3 is 5.11 Å². The number of allylic oxidation sites excluding steroid dienone is 6. The van der Waals surface area contributed by atoms with Crippen LogP contribution in [-0.2, 0) is 0 Å². The van der Waals surface area contributed by atoms with Crippen molar-refractivity contribution in [2.45, 2.75) is 92.1 Å². The minimum atomic E-state index is -0.502. The Hall–Kier alpha value is -0.820. The van der Waals surface area contributed by atoms with Crippen LogP contribution in [0.15, 0.2) is 34.9 Å². The van der Waals surface area contributed by atoms with Gasteiger partial charge in [-0.2, -0.15) is 0 Å². The Morgan fingerprint density at radius 2 is 1.33 bits per heavy atom. The second-order valence-electron chi connectivity index (χ2n) is 6.85. The van der Waals surface area contributed by atoms with Gasteiger partial charge in [0.05, 0.1) is 5.60 Å². The molecule has 0 rings (SSSR count). The van der Waals surface area contributed by atoms with E-state index in [1.807, 2.05) is 13.8 Å². The fraction of sp³-hybridized carbons (Fsp3) is 0.700. The molecule has 0 aliphatic rings. The summed E-state index contributed by atoms with van der Waals surface area (Å²) in [5.41, 5.74) is 3.84. The molecule has 0 aromatic heterocycles. The van der Waals surface area contributed by atoms with E-state index in [4.69, 9.17) is 0 Å². The van der Waals surface area contributed by atoms with Crippen LogP contribution < -0.4 is 0 Å². The molecule has 0 amide bonds. The van der Waals surface area contributed by atoms with Crippen molar-refractivity contribution >= 4 is 0 Å². The van der Waals surface area contributed by atoms with Crippen molar-refractivity contribution in [3.8, 4) is 0 Å². The summed E-state index contributed by atoms with van der Waals surface area (Å²) in [6.45, 7) is 12.7. The summed E-state index contributed by atoms with van der Waals surface area (Å²) in [7, 11) is 0. The number of hydrogen-bond acceptors (Lipinski definition) is 1. The lowest BCUT2D eigenvalue weighted by molar-refractivity contribution is 0.0480. The summed E-state index contributed by atoms with van der Waals surface area (Å²) in [6, 6.07) is 0. The highest BCUT2D eigenvalue weighted by Crippen LogP contribution is 2.18. The van der Waals surface area contributed by atoms with Gasteiger partial charge in [0.15, 0.2) is 0 Å². The summed E-state index contributed by atoms with van der Waals surface area (Å²) in [5, 5.41) is 9.96. The predicted octanol–water partition coefficient (Wildman–Crippen LogP) is 6.35. The molecule has 0 radical (unpaired) electrons. The lowest BCUT2D eigenvalue weighted by atomic mass is 9.96. The topological polar surface area (TPSA) is 20.2 Å². The first-order valence-corrected chi connectivity index (χ1v) is 8.44. The Morgan fingerprint density at radius 3 is 1.81 bits per heavy atom. The molecule has 0 fully saturated rings. The van der Waals surface area contributed by atoms with Crippen molar-refractivity contribution in [1.29, 1.82) is 0 Å². The van der Waals surface area contributed by atoms with Gasteiger partial charge in [0.1, 0.15) is 0 Å². The average molecular weight is 293 g/mol. The van der Waals surface area contributed by atoms with E-state index in [1.54, 1.807) is 0 Å². The first kappa shape index (κ1) is 20.2. The van der Waals surface area contributed by atoms with E-state index < -0.39 is 5.60 Å². The maximum Gasteiger partial charge on any atom is 0.0620 e. The highest BCUT2D eigenvalue weighted by molar-refractivity contribution is 5.05. The monoisotopic (exact) mass is 292 g/mol. The molecule has 1 heteroatoms. The van der Waals surface area contributed by atoms with Crippen LogP contribution in [0.3, 0.4) is 0 Å².